The lowest BCUT2D eigenvalue weighted by molar-refractivity contribution is 0.282. The van der Waals surface area contributed by atoms with Crippen LogP contribution in [0, 0.1) is 0 Å². The van der Waals surface area contributed by atoms with Crippen LogP contribution < -0.4 is 16.5 Å². The Kier molecular flexibility index (Phi) is 11.4. The van der Waals surface area contributed by atoms with Crippen molar-refractivity contribution >= 4 is 18.4 Å². The van der Waals surface area contributed by atoms with E-state index in [1.807, 2.05) is 32.0 Å². The van der Waals surface area contributed by atoms with E-state index in [9.17, 15) is 0 Å². The highest BCUT2D eigenvalue weighted by Gasteiger charge is 2.14. The highest BCUT2D eigenvalue weighted by atomic mass is 15.8. The van der Waals surface area contributed by atoms with Gasteiger partial charge in [-0.25, -0.2) is 10.5 Å². The quantitative estimate of drug-likeness (QED) is 0.175. The Bertz CT molecular complexity index is 1150. The summed E-state index contributed by atoms with van der Waals surface area (Å²) >= 11 is 0. The smallest absolute Gasteiger partial charge is 0.171 e. The Labute approximate surface area is 221 Å². The minimum Gasteiger partial charge on any atom is -0.291 e. The number of rotatable bonds is 11. The van der Waals surface area contributed by atoms with Crippen molar-refractivity contribution in [3.8, 4) is 11.1 Å². The second-order valence-corrected chi connectivity index (χ2v) is 8.47. The number of amidine groups is 2. The first-order valence-electron chi connectivity index (χ1n) is 13.1. The summed E-state index contributed by atoms with van der Waals surface area (Å²) in [5.41, 5.74) is 14.4. The number of nitrogens with one attached hydrogen (secondary N) is 3. The molecule has 7 heteroatoms. The number of benzene rings is 3. The second-order valence-electron chi connectivity index (χ2n) is 8.47. The third-order valence-electron chi connectivity index (χ3n) is 5.91. The lowest BCUT2D eigenvalue weighted by Crippen LogP contribution is -2.35. The number of hydrogen-bond donors (Lipinski definition) is 3. The molecule has 3 N–H and O–H groups in total. The van der Waals surface area contributed by atoms with Crippen LogP contribution in [0.5, 0.6) is 0 Å². The number of unbranched alkanes of at least 4 members (excludes halogenated alkanes) is 1. The van der Waals surface area contributed by atoms with Crippen LogP contribution in [0.25, 0.3) is 11.1 Å². The summed E-state index contributed by atoms with van der Waals surface area (Å²) in [4.78, 5) is 4.19. The van der Waals surface area contributed by atoms with Gasteiger partial charge >= 0.3 is 0 Å². The van der Waals surface area contributed by atoms with Crippen LogP contribution in [0.15, 0.2) is 94.1 Å². The van der Waals surface area contributed by atoms with Crippen molar-refractivity contribution in [2.75, 3.05) is 6.54 Å². The zero-order chi connectivity index (χ0) is 26.3. The van der Waals surface area contributed by atoms with Crippen LogP contribution in [-0.2, 0) is 13.0 Å². The molecule has 1 aliphatic rings. The molecule has 0 fully saturated rings. The maximum Gasteiger partial charge on any atom is 0.171 e. The maximum absolute atomic E-state index is 4.87. The highest BCUT2D eigenvalue weighted by molar-refractivity contribution is 6.04. The summed E-state index contributed by atoms with van der Waals surface area (Å²) in [7, 11) is 0. The topological polar surface area (TPSA) is 76.4 Å². The summed E-state index contributed by atoms with van der Waals surface area (Å²) < 4.78 is 0. The first-order chi connectivity index (χ1) is 18.3. The number of nitrogens with zero attached hydrogens (tertiary/aromatic N) is 4. The highest BCUT2D eigenvalue weighted by Crippen LogP contribution is 2.25. The molecule has 0 radical (unpaired) electrons. The maximum atomic E-state index is 4.87. The van der Waals surface area contributed by atoms with Crippen LogP contribution in [0.1, 0.15) is 56.7 Å². The van der Waals surface area contributed by atoms with Gasteiger partial charge in [0.2, 0.25) is 0 Å². The normalized spacial score (nSPS) is 12.5. The molecule has 4 rings (SSSR count). The molecule has 3 aromatic carbocycles. The predicted octanol–water partition coefficient (Wildman–Crippen LogP) is 5.90. The molecule has 1 aliphatic heterocycles. The standard InChI is InChI=1S/C28H33N7.C2H6/c1-3-4-14-27(29-2)32-35(20-19-22-10-6-5-7-11-22)21-23-15-17-24(18-16-23)25-12-8-9-13-26(25)28-30-33-34-31-28;1-2/h5-13,15-18,33-34H,2-4,14,19-21H2,1H3,(H,30,31);1-2H3/b32-27-;. The van der Waals surface area contributed by atoms with Gasteiger partial charge in [0.05, 0.1) is 6.54 Å². The van der Waals surface area contributed by atoms with Crippen molar-refractivity contribution in [3.63, 3.8) is 0 Å². The van der Waals surface area contributed by atoms with Crippen LogP contribution in [0.4, 0.5) is 0 Å². The van der Waals surface area contributed by atoms with Crippen molar-refractivity contribution in [1.82, 2.24) is 21.5 Å². The van der Waals surface area contributed by atoms with E-state index in [1.54, 1.807) is 0 Å². The molecular weight excluding hydrogens is 458 g/mol. The van der Waals surface area contributed by atoms with E-state index >= 15 is 0 Å². The van der Waals surface area contributed by atoms with Crippen LogP contribution >= 0.6 is 0 Å². The number of aliphatic imine (C=N–C) groups is 1. The fourth-order valence-electron chi connectivity index (χ4n) is 3.99. The summed E-state index contributed by atoms with van der Waals surface area (Å²) in [6, 6.07) is 27.4. The fraction of sp³-hybridized carbons (Fsp3) is 0.300. The first kappa shape index (κ1) is 27.6. The summed E-state index contributed by atoms with van der Waals surface area (Å²) in [5.74, 6) is 1.57. The van der Waals surface area contributed by atoms with Gasteiger partial charge < -0.3 is 0 Å². The van der Waals surface area contributed by atoms with Gasteiger partial charge in [0.15, 0.2) is 5.84 Å². The average Bonchev–Trinajstić information content (AvgIpc) is 3.51. The van der Waals surface area contributed by atoms with Crippen molar-refractivity contribution in [2.45, 2.75) is 53.0 Å². The minimum atomic E-state index is 0.710. The van der Waals surface area contributed by atoms with Gasteiger partial charge in [-0.2, -0.15) is 5.10 Å². The van der Waals surface area contributed by atoms with Crippen molar-refractivity contribution in [3.05, 3.63) is 95.6 Å². The van der Waals surface area contributed by atoms with E-state index < -0.39 is 0 Å². The zero-order valence-electron chi connectivity index (χ0n) is 22.2. The molecule has 194 valence electrons. The molecular formula is C30H39N7. The Morgan fingerprint density at radius 1 is 0.892 bits per heavy atom. The number of hydrogen-bond acceptors (Lipinski definition) is 6. The number of hydrazine groups is 2. The fourth-order valence-corrected chi connectivity index (χ4v) is 3.99. The Morgan fingerprint density at radius 2 is 1.59 bits per heavy atom. The van der Waals surface area contributed by atoms with E-state index in [0.29, 0.717) is 6.54 Å². The van der Waals surface area contributed by atoms with E-state index in [4.69, 9.17) is 5.10 Å². The zero-order valence-corrected chi connectivity index (χ0v) is 22.2. The third kappa shape index (κ3) is 8.29. The first-order valence-corrected chi connectivity index (χ1v) is 13.1. The van der Waals surface area contributed by atoms with Gasteiger partial charge in [0.25, 0.3) is 0 Å². The van der Waals surface area contributed by atoms with Crippen LogP contribution in [0.3, 0.4) is 0 Å². The molecule has 3 aromatic rings. The Morgan fingerprint density at radius 3 is 2.24 bits per heavy atom. The molecule has 0 saturated carbocycles. The van der Waals surface area contributed by atoms with E-state index in [-0.39, 0.29) is 0 Å². The van der Waals surface area contributed by atoms with Gasteiger partial charge in [0, 0.05) is 18.5 Å². The van der Waals surface area contributed by atoms with E-state index in [0.717, 1.165) is 60.6 Å². The molecule has 37 heavy (non-hydrogen) atoms. The van der Waals surface area contributed by atoms with Crippen LogP contribution in [0.2, 0.25) is 0 Å². The summed E-state index contributed by atoms with van der Waals surface area (Å²) in [6.07, 6.45) is 3.93. The molecule has 0 amide bonds. The second kappa shape index (κ2) is 15.2. The molecule has 0 aromatic heterocycles. The lowest BCUT2D eigenvalue weighted by Gasteiger charge is -2.21. The van der Waals surface area contributed by atoms with E-state index in [2.05, 4.69) is 106 Å². The molecule has 0 aliphatic carbocycles. The van der Waals surface area contributed by atoms with Crippen molar-refractivity contribution < 1.29 is 0 Å². The minimum absolute atomic E-state index is 0.710. The van der Waals surface area contributed by atoms with Crippen molar-refractivity contribution in [1.29, 1.82) is 0 Å². The molecule has 0 spiro atoms. The summed E-state index contributed by atoms with van der Waals surface area (Å²) in [6.45, 7) is 11.4. The summed E-state index contributed by atoms with van der Waals surface area (Å²) in [5, 5.41) is 11.2. The van der Waals surface area contributed by atoms with Gasteiger partial charge in [-0.3, -0.25) is 10.4 Å². The molecule has 7 nitrogen and oxygen atoms in total. The largest absolute Gasteiger partial charge is 0.291 e. The van der Waals surface area contributed by atoms with Gasteiger partial charge in [-0.15, -0.1) is 10.6 Å². The Hall–Kier alpha value is -3.97. The third-order valence-corrected chi connectivity index (χ3v) is 5.91. The molecule has 0 saturated heterocycles. The number of hydrazone groups is 2. The SMILES string of the molecule is C=N/C(CCCC)=N\N(CCc1ccccc1)Cc1ccc(-c2ccccc2C2=NNNN2)cc1.CC. The van der Waals surface area contributed by atoms with Gasteiger partial charge in [-0.1, -0.05) is 106 Å². The molecule has 0 bridgehead atoms. The molecule has 0 atom stereocenters. The lowest BCUT2D eigenvalue weighted by atomic mass is 9.98. The van der Waals surface area contributed by atoms with Gasteiger partial charge in [0.1, 0.15) is 5.84 Å². The molecule has 1 heterocycles. The van der Waals surface area contributed by atoms with Crippen LogP contribution in [-0.4, -0.2) is 29.9 Å². The van der Waals surface area contributed by atoms with E-state index in [1.165, 1.54) is 11.1 Å². The average molecular weight is 498 g/mol. The molecule has 0 unspecified atom stereocenters. The Balaban J connectivity index is 0.00000186. The monoisotopic (exact) mass is 497 g/mol. The predicted molar refractivity (Wildman–Crippen MR) is 156 cm³/mol. The van der Waals surface area contributed by atoms with Gasteiger partial charge in [-0.05, 0) is 41.8 Å². The van der Waals surface area contributed by atoms with Crippen molar-refractivity contribution in [2.24, 2.45) is 15.2 Å².